The third-order valence-corrected chi connectivity index (χ3v) is 22.5. The molecule has 0 N–H and O–H groups in total. The summed E-state index contributed by atoms with van der Waals surface area (Å²) in [6.45, 7) is 26.7. The second-order valence-corrected chi connectivity index (χ2v) is 38.7. The van der Waals surface area contributed by atoms with Crippen LogP contribution in [0.5, 0.6) is 0 Å². The maximum absolute atomic E-state index is 6.54. The summed E-state index contributed by atoms with van der Waals surface area (Å²) in [6.07, 6.45) is 4.03. The highest BCUT2D eigenvalue weighted by Crippen LogP contribution is 2.37. The molecule has 0 radical (unpaired) electrons. The largest absolute Gasteiger partial charge is 0.415 e. The Morgan fingerprint density at radius 3 is 1.54 bits per heavy atom. The highest BCUT2D eigenvalue weighted by Gasteiger charge is 2.38. The van der Waals surface area contributed by atoms with Crippen LogP contribution in [0.15, 0.2) is 83.3 Å². The van der Waals surface area contributed by atoms with Crippen molar-refractivity contribution in [1.82, 2.24) is 0 Å². The Labute approximate surface area is 302 Å². The first-order chi connectivity index (χ1) is 21.2. The monoisotopic (exact) mass is 829 g/mol. The van der Waals surface area contributed by atoms with Gasteiger partial charge in [0.25, 0.3) is 0 Å². The first kappa shape index (κ1) is 39.3. The average molecular weight is 831 g/mol. The van der Waals surface area contributed by atoms with E-state index in [1.165, 1.54) is 5.56 Å². The number of hydrogen-bond acceptors (Lipinski definition) is 5. The lowest BCUT2D eigenvalue weighted by atomic mass is 10.2. The second-order valence-electron chi connectivity index (χ2n) is 14.8. The molecule has 0 bridgehead atoms. The van der Waals surface area contributed by atoms with Gasteiger partial charge in [-0.15, -0.1) is 22.2 Å². The van der Waals surface area contributed by atoms with Crippen molar-refractivity contribution in [2.45, 2.75) is 84.4 Å². The maximum Gasteiger partial charge on any atom is 0.342 e. The van der Waals surface area contributed by atoms with Gasteiger partial charge in [0, 0.05) is 36.5 Å². The summed E-state index contributed by atoms with van der Waals surface area (Å²) < 4.78 is 12.8. The molecule has 0 unspecified atom stereocenters. The van der Waals surface area contributed by atoms with Crippen LogP contribution in [0, 0.1) is 0 Å². The minimum atomic E-state index is -2.36. The number of aromatic nitrogens is 1. The molecule has 0 saturated heterocycles. The number of hydrogen-bond donors (Lipinski definition) is 0. The molecule has 1 aromatic heterocycles. The van der Waals surface area contributed by atoms with Gasteiger partial charge >= 0.3 is 4.19 Å². The summed E-state index contributed by atoms with van der Waals surface area (Å²) in [6, 6.07) is 20.4. The number of halogens is 3. The molecule has 3 rings (SSSR count). The first-order valence-electron chi connectivity index (χ1n) is 15.9. The Hall–Kier alpha value is -1.13. The van der Waals surface area contributed by atoms with Crippen LogP contribution in [0.1, 0.15) is 47.1 Å². The number of nitrogens with zero attached hydrogens (tertiary/aromatic N) is 4. The lowest BCUT2D eigenvalue weighted by Gasteiger charge is -2.38. The van der Waals surface area contributed by atoms with Gasteiger partial charge in [-0.1, -0.05) is 87.6 Å². The normalized spacial score (nSPS) is 13.4. The number of rotatable bonds is 14. The van der Waals surface area contributed by atoms with Crippen molar-refractivity contribution in [2.75, 3.05) is 31.2 Å². The smallest absolute Gasteiger partial charge is 0.342 e. The van der Waals surface area contributed by atoms with Gasteiger partial charge in [0.15, 0.2) is 35.6 Å². The molecule has 12 heteroatoms. The van der Waals surface area contributed by atoms with Crippen LogP contribution in [0.2, 0.25) is 36.3 Å². The van der Waals surface area contributed by atoms with E-state index in [2.05, 4.69) is 133 Å². The Bertz CT molecular complexity index is 1390. The molecule has 1 heterocycles. The molecule has 0 fully saturated rings. The number of anilines is 1. The van der Waals surface area contributed by atoms with Gasteiger partial charge in [-0.3, -0.25) is 0 Å². The van der Waals surface area contributed by atoms with E-state index >= 15 is 0 Å². The summed E-state index contributed by atoms with van der Waals surface area (Å²) in [7, 11) is -3.66. The van der Waals surface area contributed by atoms with E-state index in [4.69, 9.17) is 31.0 Å². The predicted molar refractivity (Wildman–Crippen MR) is 212 cm³/mol. The Kier molecular flexibility index (Phi) is 13.7. The highest BCUT2D eigenvalue weighted by atomic mass is 127. The van der Waals surface area contributed by atoms with E-state index < -0.39 is 20.8 Å². The predicted octanol–water partition coefficient (Wildman–Crippen LogP) is 10.3. The molecule has 0 aliphatic heterocycles. The minimum Gasteiger partial charge on any atom is -0.415 e. The molecule has 2 aromatic carbocycles. The minimum absolute atomic E-state index is 0.181. The Balaban J connectivity index is 1.65. The molecule has 46 heavy (non-hydrogen) atoms. The lowest BCUT2D eigenvalue weighted by Crippen LogP contribution is -2.44. The van der Waals surface area contributed by atoms with Crippen molar-refractivity contribution in [2.24, 2.45) is 10.2 Å². The fraction of sp³-hybridized carbons (Fsp3) is 0.500. The zero-order chi connectivity index (χ0) is 34.4. The lowest BCUT2D eigenvalue weighted by molar-refractivity contribution is -0.688. The standard InChI is InChI=1S/C34H52Cl2IN4O2Si3/c1-33(2,3)44(7,8)42-25-23-41(24-26-43-45(9,10)34(4,5)6)31-15-13-29(14-16-31)38-39-30-19-21-40(22-20-30)27-28-11-17-32(18-12-28)46(35,36)37/h11-22H,23-27H2,1-10H3/q+1. The SMILES string of the molecule is CC(C)(C)[Si](C)(C)OCCN(CCO[Si](C)(C)C(C)(C)C)c1ccc(N=Nc2cc[n+](Cc3ccc([Si](Cl)(Cl)I)cc3)cc2)cc1. The van der Waals surface area contributed by atoms with Gasteiger partial charge in [-0.05, 0) is 65.7 Å². The van der Waals surface area contributed by atoms with Crippen molar-refractivity contribution in [1.29, 1.82) is 0 Å². The van der Waals surface area contributed by atoms with E-state index in [1.54, 1.807) is 0 Å². The highest BCUT2D eigenvalue weighted by molar-refractivity contribution is 14.1. The zero-order valence-electron chi connectivity index (χ0n) is 29.2. The summed E-state index contributed by atoms with van der Waals surface area (Å²) in [5.74, 6) is 0. The number of benzene rings is 2. The third-order valence-electron chi connectivity index (χ3n) is 9.28. The fourth-order valence-corrected chi connectivity index (χ4v) is 8.55. The van der Waals surface area contributed by atoms with E-state index in [-0.39, 0.29) is 10.1 Å². The van der Waals surface area contributed by atoms with E-state index in [1.807, 2.05) is 48.8 Å². The van der Waals surface area contributed by atoms with Gasteiger partial charge in [0.1, 0.15) is 0 Å². The molecule has 0 atom stereocenters. The van der Waals surface area contributed by atoms with Gasteiger partial charge in [0.05, 0.1) is 24.6 Å². The van der Waals surface area contributed by atoms with Crippen LogP contribution in [0.25, 0.3) is 0 Å². The summed E-state index contributed by atoms with van der Waals surface area (Å²) >= 11 is 14.8. The van der Waals surface area contributed by atoms with E-state index in [0.29, 0.717) is 13.2 Å². The van der Waals surface area contributed by atoms with Crippen LogP contribution in [0.4, 0.5) is 17.1 Å². The van der Waals surface area contributed by atoms with Crippen molar-refractivity contribution < 1.29 is 13.4 Å². The van der Waals surface area contributed by atoms with Gasteiger partial charge < -0.3 is 13.8 Å². The molecule has 252 valence electrons. The summed E-state index contributed by atoms with van der Waals surface area (Å²) in [5.41, 5.74) is 3.92. The molecular formula is C34H52Cl2IN4O2Si3+. The first-order valence-corrected chi connectivity index (χ1v) is 28.8. The van der Waals surface area contributed by atoms with E-state index in [0.717, 1.165) is 41.9 Å². The third kappa shape index (κ3) is 11.8. The van der Waals surface area contributed by atoms with Crippen molar-refractivity contribution in [3.8, 4) is 0 Å². The molecule has 0 amide bonds. The molecule has 0 spiro atoms. The molecule has 3 aromatic rings. The topological polar surface area (TPSA) is 50.3 Å². The second kappa shape index (κ2) is 16.1. The maximum atomic E-state index is 6.54. The van der Waals surface area contributed by atoms with Crippen LogP contribution >= 0.6 is 44.0 Å². The van der Waals surface area contributed by atoms with E-state index in [9.17, 15) is 0 Å². The molecular weight excluding hydrogens is 778 g/mol. The van der Waals surface area contributed by atoms with Crippen LogP contribution < -0.4 is 14.7 Å². The van der Waals surface area contributed by atoms with Crippen molar-refractivity contribution in [3.05, 3.63) is 78.6 Å². The van der Waals surface area contributed by atoms with Crippen LogP contribution in [-0.2, 0) is 15.4 Å². The van der Waals surface area contributed by atoms with Crippen molar-refractivity contribution >= 4 is 87.0 Å². The zero-order valence-corrected chi connectivity index (χ0v) is 35.9. The average Bonchev–Trinajstić information content (AvgIpc) is 2.95. The van der Waals surface area contributed by atoms with Gasteiger partial charge in [0.2, 0.25) is 0 Å². The summed E-state index contributed by atoms with van der Waals surface area (Å²) in [4.78, 5) is 2.37. The number of azo groups is 1. The quantitative estimate of drug-likeness (QED) is 0.0535. The molecule has 6 nitrogen and oxygen atoms in total. The summed E-state index contributed by atoms with van der Waals surface area (Å²) in [5, 5.41) is 10.4. The molecule has 0 aliphatic carbocycles. The molecule has 0 saturated carbocycles. The fourth-order valence-electron chi connectivity index (χ4n) is 4.10. The number of pyridine rings is 1. The Morgan fingerprint density at radius 2 is 1.13 bits per heavy atom. The van der Waals surface area contributed by atoms with Gasteiger partial charge in [-0.25, -0.2) is 4.57 Å². The van der Waals surface area contributed by atoms with Crippen LogP contribution in [-0.4, -0.2) is 47.1 Å². The molecule has 0 aliphatic rings. The Morgan fingerprint density at radius 1 is 0.696 bits per heavy atom. The van der Waals surface area contributed by atoms with Crippen molar-refractivity contribution in [3.63, 3.8) is 0 Å². The van der Waals surface area contributed by atoms with Gasteiger partial charge in [-0.2, -0.15) is 10.2 Å². The van der Waals surface area contributed by atoms with Crippen LogP contribution in [0.3, 0.4) is 0 Å².